The van der Waals surface area contributed by atoms with Gasteiger partial charge in [0.15, 0.2) is 6.29 Å². The summed E-state index contributed by atoms with van der Waals surface area (Å²) in [5.74, 6) is 2.19. The molecule has 0 amide bonds. The molecule has 8 atom stereocenters. The van der Waals surface area contributed by atoms with Gasteiger partial charge < -0.3 is 9.47 Å². The Bertz CT molecular complexity index is 927. The topological polar surface area (TPSA) is 35.5 Å². The largest absolute Gasteiger partial charge is 0.352 e. The van der Waals surface area contributed by atoms with Gasteiger partial charge in [-0.25, -0.2) is 0 Å². The Morgan fingerprint density at radius 2 is 1.74 bits per heavy atom. The van der Waals surface area contributed by atoms with E-state index < -0.39 is 0 Å². The SMILES string of the molecule is COC1OC(C(C)C2CCC3(C)C4=C(CCC23C)C2(C)CCC(=O)C(C)(C)C2CC4)CC=C1C. The zero-order valence-electron chi connectivity index (χ0n) is 23.1. The molecule has 0 bridgehead atoms. The summed E-state index contributed by atoms with van der Waals surface area (Å²) in [6, 6.07) is 0. The number of hydrogen-bond donors (Lipinski definition) is 0. The van der Waals surface area contributed by atoms with E-state index in [1.165, 1.54) is 44.1 Å². The molecule has 0 N–H and O–H groups in total. The first kappa shape index (κ1) is 24.8. The number of fused-ring (bicyclic) bond motifs is 4. The normalized spacial score (nSPS) is 46.9. The second-order valence-electron chi connectivity index (χ2n) is 13.8. The Morgan fingerprint density at radius 3 is 2.44 bits per heavy atom. The van der Waals surface area contributed by atoms with Crippen molar-refractivity contribution in [2.24, 2.45) is 39.4 Å². The fourth-order valence-corrected chi connectivity index (χ4v) is 9.93. The molecule has 0 radical (unpaired) electrons. The lowest BCUT2D eigenvalue weighted by atomic mass is 9.43. The van der Waals surface area contributed by atoms with Gasteiger partial charge in [-0.3, -0.25) is 4.79 Å². The van der Waals surface area contributed by atoms with Gasteiger partial charge in [0.1, 0.15) is 5.78 Å². The molecule has 34 heavy (non-hydrogen) atoms. The summed E-state index contributed by atoms with van der Waals surface area (Å²) < 4.78 is 12.1. The molecule has 1 heterocycles. The molecule has 5 rings (SSSR count). The maximum absolute atomic E-state index is 12.9. The first-order chi connectivity index (χ1) is 15.9. The molecule has 2 saturated carbocycles. The number of carbonyl (C=O) groups excluding carboxylic acids is 1. The number of carbonyl (C=O) groups is 1. The van der Waals surface area contributed by atoms with Crippen molar-refractivity contribution in [3.8, 4) is 0 Å². The number of methoxy groups -OCH3 is 1. The first-order valence-corrected chi connectivity index (χ1v) is 14.0. The second-order valence-corrected chi connectivity index (χ2v) is 13.8. The van der Waals surface area contributed by atoms with E-state index in [1.807, 2.05) is 0 Å². The number of ether oxygens (including phenoxy) is 2. The van der Waals surface area contributed by atoms with Crippen LogP contribution in [0.2, 0.25) is 0 Å². The molecule has 5 aliphatic rings. The summed E-state index contributed by atoms with van der Waals surface area (Å²) >= 11 is 0. The third kappa shape index (κ3) is 3.17. The van der Waals surface area contributed by atoms with Crippen LogP contribution in [0.15, 0.2) is 22.8 Å². The van der Waals surface area contributed by atoms with Gasteiger partial charge >= 0.3 is 0 Å². The number of ketones is 1. The van der Waals surface area contributed by atoms with Crippen molar-refractivity contribution in [1.82, 2.24) is 0 Å². The number of rotatable bonds is 3. The van der Waals surface area contributed by atoms with Crippen LogP contribution in [0.1, 0.15) is 106 Å². The molecule has 8 unspecified atom stereocenters. The lowest BCUT2D eigenvalue weighted by Gasteiger charge is -2.61. The summed E-state index contributed by atoms with van der Waals surface area (Å²) in [7, 11) is 1.76. The van der Waals surface area contributed by atoms with Crippen LogP contribution < -0.4 is 0 Å². The lowest BCUT2D eigenvalue weighted by Crippen LogP contribution is -2.54. The van der Waals surface area contributed by atoms with Gasteiger partial charge in [-0.2, -0.15) is 0 Å². The van der Waals surface area contributed by atoms with Crippen LogP contribution >= 0.6 is 0 Å². The molecule has 0 aromatic rings. The van der Waals surface area contributed by atoms with E-state index in [1.54, 1.807) is 18.3 Å². The van der Waals surface area contributed by atoms with E-state index in [0.717, 1.165) is 19.3 Å². The molecule has 0 aromatic heterocycles. The Labute approximate surface area is 208 Å². The predicted octanol–water partition coefficient (Wildman–Crippen LogP) is 7.65. The highest BCUT2D eigenvalue weighted by Gasteiger charge is 2.63. The number of Topliss-reactive ketones (excluding diaryl/α,β-unsaturated/α-hetero) is 1. The van der Waals surface area contributed by atoms with Crippen LogP contribution in [-0.4, -0.2) is 25.3 Å². The first-order valence-electron chi connectivity index (χ1n) is 14.0. The minimum Gasteiger partial charge on any atom is -0.352 e. The van der Waals surface area contributed by atoms with Gasteiger partial charge in [-0.1, -0.05) is 58.8 Å². The molecule has 0 saturated heterocycles. The molecule has 3 heteroatoms. The van der Waals surface area contributed by atoms with Crippen LogP contribution in [0.3, 0.4) is 0 Å². The van der Waals surface area contributed by atoms with Crippen molar-refractivity contribution < 1.29 is 14.3 Å². The van der Waals surface area contributed by atoms with Crippen LogP contribution in [0.25, 0.3) is 0 Å². The monoisotopic (exact) mass is 468 g/mol. The van der Waals surface area contributed by atoms with Gasteiger partial charge in [-0.15, -0.1) is 0 Å². The van der Waals surface area contributed by atoms with E-state index >= 15 is 0 Å². The second kappa shape index (κ2) is 8.04. The van der Waals surface area contributed by atoms with E-state index in [2.05, 4.69) is 54.5 Å². The predicted molar refractivity (Wildman–Crippen MR) is 137 cm³/mol. The molecular formula is C31H48O3. The summed E-state index contributed by atoms with van der Waals surface area (Å²) in [4.78, 5) is 12.9. The van der Waals surface area contributed by atoms with Crippen LogP contribution in [0.5, 0.6) is 0 Å². The average molecular weight is 469 g/mol. The average Bonchev–Trinajstić information content (AvgIpc) is 3.08. The smallest absolute Gasteiger partial charge is 0.179 e. The Morgan fingerprint density at radius 1 is 1.00 bits per heavy atom. The molecule has 3 nitrogen and oxygen atoms in total. The zero-order valence-corrected chi connectivity index (χ0v) is 23.1. The van der Waals surface area contributed by atoms with E-state index in [9.17, 15) is 4.79 Å². The molecular weight excluding hydrogens is 420 g/mol. The number of allylic oxidation sites excluding steroid dienone is 2. The van der Waals surface area contributed by atoms with E-state index in [-0.39, 0.29) is 28.6 Å². The van der Waals surface area contributed by atoms with Crippen molar-refractivity contribution in [2.75, 3.05) is 7.11 Å². The summed E-state index contributed by atoms with van der Waals surface area (Å²) in [5.41, 5.74) is 5.40. The highest BCUT2D eigenvalue weighted by Crippen LogP contribution is 2.72. The summed E-state index contributed by atoms with van der Waals surface area (Å²) in [5, 5.41) is 0. The van der Waals surface area contributed by atoms with Crippen molar-refractivity contribution in [3.63, 3.8) is 0 Å². The summed E-state index contributed by atoms with van der Waals surface area (Å²) in [6.45, 7) is 16.8. The summed E-state index contributed by atoms with van der Waals surface area (Å²) in [6.07, 6.45) is 12.7. The molecule has 0 aromatic carbocycles. The maximum Gasteiger partial charge on any atom is 0.179 e. The van der Waals surface area contributed by atoms with Crippen molar-refractivity contribution >= 4 is 5.78 Å². The third-order valence-corrected chi connectivity index (χ3v) is 12.3. The van der Waals surface area contributed by atoms with E-state index in [4.69, 9.17) is 9.47 Å². The molecule has 4 aliphatic carbocycles. The van der Waals surface area contributed by atoms with Gasteiger partial charge in [0, 0.05) is 18.9 Å². The maximum atomic E-state index is 12.9. The number of hydrogen-bond acceptors (Lipinski definition) is 3. The Hall–Kier alpha value is -0.930. The van der Waals surface area contributed by atoms with Gasteiger partial charge in [-0.05, 0) is 97.9 Å². The fourth-order valence-electron chi connectivity index (χ4n) is 9.93. The lowest BCUT2D eigenvalue weighted by molar-refractivity contribution is -0.163. The van der Waals surface area contributed by atoms with Crippen molar-refractivity contribution in [2.45, 2.75) is 119 Å². The van der Waals surface area contributed by atoms with E-state index in [0.29, 0.717) is 29.0 Å². The van der Waals surface area contributed by atoms with Gasteiger partial charge in [0.05, 0.1) is 6.10 Å². The molecule has 1 aliphatic heterocycles. The van der Waals surface area contributed by atoms with Crippen molar-refractivity contribution in [3.05, 3.63) is 22.8 Å². The zero-order chi connectivity index (χ0) is 24.7. The fraction of sp³-hybridized carbons (Fsp3) is 0.839. The Balaban J connectivity index is 1.46. The highest BCUT2D eigenvalue weighted by atomic mass is 16.7. The molecule has 0 spiro atoms. The molecule has 2 fully saturated rings. The van der Waals surface area contributed by atoms with Crippen LogP contribution in [-0.2, 0) is 14.3 Å². The standard InChI is InChI=1S/C31H48O3/c1-19-9-11-24(34-27(19)33-8)20(2)21-13-17-31(7)23-10-12-25-28(3,4)26(32)15-16-29(25,5)22(23)14-18-30(21,31)6/h9,20-21,24-25,27H,10-18H2,1-8H3. The Kier molecular flexibility index (Phi) is 5.85. The van der Waals surface area contributed by atoms with Gasteiger partial charge in [0.25, 0.3) is 0 Å². The van der Waals surface area contributed by atoms with Gasteiger partial charge in [0.2, 0.25) is 0 Å². The van der Waals surface area contributed by atoms with Crippen LogP contribution in [0.4, 0.5) is 0 Å². The highest BCUT2D eigenvalue weighted by molar-refractivity contribution is 5.85. The quantitative estimate of drug-likeness (QED) is 0.399. The van der Waals surface area contributed by atoms with Crippen molar-refractivity contribution in [1.29, 1.82) is 0 Å². The minimum absolute atomic E-state index is 0.179. The minimum atomic E-state index is -0.185. The van der Waals surface area contributed by atoms with Crippen LogP contribution in [0, 0.1) is 39.4 Å². The molecule has 190 valence electrons. The third-order valence-electron chi connectivity index (χ3n) is 12.3.